The third kappa shape index (κ3) is 3.81. The highest BCUT2D eigenvalue weighted by atomic mass is 32.3. The molecule has 1 heterocycles. The van der Waals surface area contributed by atoms with Gasteiger partial charge in [0.2, 0.25) is 0 Å². The summed E-state index contributed by atoms with van der Waals surface area (Å²) < 4.78 is 53.0. The molecular formula is C19H23F2N3O2S. The lowest BCUT2D eigenvalue weighted by molar-refractivity contribution is 0.329. The van der Waals surface area contributed by atoms with E-state index >= 15 is 0 Å². The summed E-state index contributed by atoms with van der Waals surface area (Å²) in [5.74, 6) is -0.971. The van der Waals surface area contributed by atoms with Gasteiger partial charge in [-0.1, -0.05) is 12.1 Å². The standard InChI is InChI=1S/C19H23F2N3O2S/c20-15-6-9-18-14(12-15)13-23(11-3-10-22-16-7-8-16)27(25,26)24(18)19-5-2-1-4-17(19)21/h1-2,4-6,9,12,16,22,25-26H,3,7-8,10-11,13H2. The molecule has 27 heavy (non-hydrogen) atoms. The number of rotatable bonds is 6. The van der Waals surface area contributed by atoms with Crippen LogP contribution >= 0.6 is 11.0 Å². The zero-order valence-corrected chi connectivity index (χ0v) is 15.6. The topological polar surface area (TPSA) is 59.0 Å². The fourth-order valence-corrected chi connectivity index (χ4v) is 5.10. The van der Waals surface area contributed by atoms with E-state index < -0.39 is 22.6 Å². The fraction of sp³-hybridized carbons (Fsp3) is 0.368. The second kappa shape index (κ2) is 7.37. The van der Waals surface area contributed by atoms with E-state index in [0.29, 0.717) is 30.3 Å². The Bertz CT molecular complexity index is 832. The van der Waals surface area contributed by atoms with Crippen molar-refractivity contribution in [2.45, 2.75) is 31.8 Å². The highest BCUT2D eigenvalue weighted by molar-refractivity contribution is 8.23. The van der Waals surface area contributed by atoms with E-state index in [9.17, 15) is 17.9 Å². The van der Waals surface area contributed by atoms with E-state index in [4.69, 9.17) is 0 Å². The van der Waals surface area contributed by atoms with Gasteiger partial charge < -0.3 is 5.32 Å². The Morgan fingerprint density at radius 1 is 1.07 bits per heavy atom. The lowest BCUT2D eigenvalue weighted by atomic mass is 10.1. The molecule has 0 bridgehead atoms. The van der Waals surface area contributed by atoms with Gasteiger partial charge >= 0.3 is 0 Å². The summed E-state index contributed by atoms with van der Waals surface area (Å²) in [6.45, 7) is 1.37. The van der Waals surface area contributed by atoms with Crippen LogP contribution in [0.4, 0.5) is 20.2 Å². The highest BCUT2D eigenvalue weighted by Crippen LogP contribution is 2.59. The maximum atomic E-state index is 14.5. The first kappa shape index (κ1) is 18.6. The molecule has 1 fully saturated rings. The lowest BCUT2D eigenvalue weighted by Gasteiger charge is -2.53. The zero-order valence-electron chi connectivity index (χ0n) is 14.8. The molecule has 0 radical (unpaired) electrons. The van der Waals surface area contributed by atoms with E-state index in [-0.39, 0.29) is 12.2 Å². The van der Waals surface area contributed by atoms with Gasteiger partial charge in [0.05, 0.1) is 11.4 Å². The van der Waals surface area contributed by atoms with Crippen LogP contribution in [0.2, 0.25) is 0 Å². The van der Waals surface area contributed by atoms with Gasteiger partial charge in [0.15, 0.2) is 0 Å². The first-order valence-corrected chi connectivity index (χ1v) is 10.5. The van der Waals surface area contributed by atoms with Crippen LogP contribution in [0.25, 0.3) is 0 Å². The van der Waals surface area contributed by atoms with E-state index in [1.807, 2.05) is 0 Å². The van der Waals surface area contributed by atoms with Gasteiger partial charge in [0, 0.05) is 19.1 Å². The van der Waals surface area contributed by atoms with Gasteiger partial charge in [-0.25, -0.2) is 13.1 Å². The van der Waals surface area contributed by atoms with Crippen molar-refractivity contribution in [3.8, 4) is 0 Å². The number of benzene rings is 2. The number of anilines is 2. The van der Waals surface area contributed by atoms with Crippen molar-refractivity contribution in [2.75, 3.05) is 17.4 Å². The molecule has 1 aliphatic carbocycles. The van der Waals surface area contributed by atoms with Crippen LogP contribution < -0.4 is 9.62 Å². The molecule has 3 N–H and O–H groups in total. The van der Waals surface area contributed by atoms with Crippen molar-refractivity contribution in [3.05, 3.63) is 59.7 Å². The van der Waals surface area contributed by atoms with Crippen LogP contribution in [0.1, 0.15) is 24.8 Å². The average Bonchev–Trinajstić information content (AvgIpc) is 3.44. The SMILES string of the molecule is OS1(O)N(CCCNC2CC2)Cc2cc(F)ccc2N1c1ccccc1F. The lowest BCUT2D eigenvalue weighted by Crippen LogP contribution is -2.42. The van der Waals surface area contributed by atoms with Gasteiger partial charge in [-0.3, -0.25) is 9.11 Å². The third-order valence-corrected chi connectivity index (χ3v) is 6.75. The molecule has 5 nitrogen and oxygen atoms in total. The summed E-state index contributed by atoms with van der Waals surface area (Å²) in [4.78, 5) is 0. The van der Waals surface area contributed by atoms with Crippen molar-refractivity contribution < 1.29 is 17.9 Å². The molecule has 1 aliphatic heterocycles. The van der Waals surface area contributed by atoms with Crippen LogP contribution in [0, 0.1) is 11.6 Å². The average molecular weight is 395 g/mol. The number of fused-ring (bicyclic) bond motifs is 1. The van der Waals surface area contributed by atoms with Gasteiger partial charge in [0.1, 0.15) is 11.6 Å². The molecule has 2 aromatic carbocycles. The van der Waals surface area contributed by atoms with E-state index in [1.54, 1.807) is 12.1 Å². The molecule has 0 saturated heterocycles. The summed E-state index contributed by atoms with van der Waals surface area (Å²) in [5.41, 5.74) is 1.07. The number of nitrogens with one attached hydrogen (secondary N) is 1. The number of hydrogen-bond acceptors (Lipinski definition) is 5. The highest BCUT2D eigenvalue weighted by Gasteiger charge is 2.39. The quantitative estimate of drug-likeness (QED) is 0.622. The molecule has 146 valence electrons. The maximum Gasteiger partial charge on any atom is 0.148 e. The molecule has 0 amide bonds. The normalized spacial score (nSPS) is 20.4. The number of para-hydroxylation sites is 1. The van der Waals surface area contributed by atoms with E-state index in [0.717, 1.165) is 6.54 Å². The molecule has 1 saturated carbocycles. The van der Waals surface area contributed by atoms with Crippen LogP contribution in [-0.4, -0.2) is 32.5 Å². The number of hydrogen-bond donors (Lipinski definition) is 3. The van der Waals surface area contributed by atoms with Gasteiger partial charge in [-0.05, 0) is 72.7 Å². The number of halogens is 2. The van der Waals surface area contributed by atoms with E-state index in [2.05, 4.69) is 5.32 Å². The Hall–Kier alpha value is -1.71. The van der Waals surface area contributed by atoms with Crippen molar-refractivity contribution in [2.24, 2.45) is 0 Å². The molecule has 0 atom stereocenters. The number of nitrogens with zero attached hydrogens (tertiary/aromatic N) is 2. The molecule has 0 aromatic heterocycles. The molecule has 2 aromatic rings. The fourth-order valence-electron chi connectivity index (χ4n) is 3.33. The Labute approximate surface area is 159 Å². The summed E-state index contributed by atoms with van der Waals surface area (Å²) in [6.07, 6.45) is 3.08. The summed E-state index contributed by atoms with van der Waals surface area (Å²) in [5, 5.41) is 3.39. The minimum atomic E-state index is -3.47. The first-order valence-electron chi connectivity index (χ1n) is 9.07. The minimum absolute atomic E-state index is 0.0613. The maximum absolute atomic E-state index is 14.5. The van der Waals surface area contributed by atoms with Crippen LogP contribution in [0.5, 0.6) is 0 Å². The molecule has 8 heteroatoms. The van der Waals surface area contributed by atoms with Crippen LogP contribution in [0.15, 0.2) is 42.5 Å². The summed E-state index contributed by atoms with van der Waals surface area (Å²) in [6, 6.07) is 10.6. The Balaban J connectivity index is 1.65. The smallest absolute Gasteiger partial charge is 0.148 e. The third-order valence-electron chi connectivity index (χ3n) is 4.86. The van der Waals surface area contributed by atoms with E-state index in [1.165, 1.54) is 51.8 Å². The Morgan fingerprint density at radius 3 is 2.59 bits per heavy atom. The zero-order chi connectivity index (χ0) is 19.0. The predicted molar refractivity (Wildman–Crippen MR) is 104 cm³/mol. The van der Waals surface area contributed by atoms with Gasteiger partial charge in [-0.15, -0.1) is 0 Å². The molecule has 0 unspecified atom stereocenters. The van der Waals surface area contributed by atoms with Gasteiger partial charge in [-0.2, -0.15) is 4.31 Å². The van der Waals surface area contributed by atoms with Gasteiger partial charge in [0.25, 0.3) is 0 Å². The van der Waals surface area contributed by atoms with Crippen molar-refractivity contribution in [3.63, 3.8) is 0 Å². The van der Waals surface area contributed by atoms with Crippen LogP contribution in [0.3, 0.4) is 0 Å². The van der Waals surface area contributed by atoms with Crippen LogP contribution in [-0.2, 0) is 6.54 Å². The first-order chi connectivity index (χ1) is 13.0. The monoisotopic (exact) mass is 395 g/mol. The van der Waals surface area contributed by atoms with Crippen molar-refractivity contribution >= 4 is 22.3 Å². The summed E-state index contributed by atoms with van der Waals surface area (Å²) in [7, 11) is -3.47. The largest absolute Gasteiger partial charge is 0.314 e. The Morgan fingerprint density at radius 2 is 1.85 bits per heavy atom. The molecule has 0 spiro atoms. The minimum Gasteiger partial charge on any atom is -0.314 e. The molecular weight excluding hydrogens is 372 g/mol. The molecule has 4 rings (SSSR count). The Kier molecular flexibility index (Phi) is 5.09. The van der Waals surface area contributed by atoms with Crippen molar-refractivity contribution in [1.29, 1.82) is 0 Å². The summed E-state index contributed by atoms with van der Waals surface area (Å²) >= 11 is 0. The second-order valence-electron chi connectivity index (χ2n) is 6.95. The second-order valence-corrected chi connectivity index (χ2v) is 8.82. The predicted octanol–water partition coefficient (Wildman–Crippen LogP) is 4.64. The van der Waals surface area contributed by atoms with Crippen molar-refractivity contribution in [1.82, 2.24) is 9.62 Å². The molecule has 2 aliphatic rings.